The van der Waals surface area contributed by atoms with Crippen molar-refractivity contribution in [3.8, 4) is 11.4 Å². The number of hydrogen-bond donors (Lipinski definition) is 2. The summed E-state index contributed by atoms with van der Waals surface area (Å²) in [6, 6.07) is 3.21. The number of aromatic nitrogens is 5. The third-order valence-electron chi connectivity index (χ3n) is 5.86. The van der Waals surface area contributed by atoms with Crippen LogP contribution in [-0.4, -0.2) is 30.8 Å². The van der Waals surface area contributed by atoms with Crippen LogP contribution in [0.2, 0.25) is 0 Å². The molecule has 0 amide bonds. The maximum Gasteiger partial charge on any atom is 0.423 e. The number of fused-ring (bicyclic) bond motifs is 1. The lowest BCUT2D eigenvalue weighted by Gasteiger charge is -2.18. The van der Waals surface area contributed by atoms with Gasteiger partial charge in [-0.25, -0.2) is 19.5 Å². The molecular formula is C24H19F7N6O2. The van der Waals surface area contributed by atoms with E-state index in [0.29, 0.717) is 30.6 Å². The van der Waals surface area contributed by atoms with Crippen molar-refractivity contribution in [1.82, 2.24) is 24.7 Å². The Kier molecular flexibility index (Phi) is 7.44. The summed E-state index contributed by atoms with van der Waals surface area (Å²) in [4.78, 5) is 31.7. The van der Waals surface area contributed by atoms with Crippen LogP contribution in [0.1, 0.15) is 30.9 Å². The molecule has 2 N–H and O–H groups in total. The number of nitrogens with zero attached hydrogens (tertiary/aromatic N) is 4. The van der Waals surface area contributed by atoms with Gasteiger partial charge in [-0.2, -0.15) is 31.4 Å². The van der Waals surface area contributed by atoms with E-state index in [-0.39, 0.29) is 23.3 Å². The number of aromatic amines is 1. The highest BCUT2D eigenvalue weighted by atomic mass is 19.4. The normalized spacial score (nSPS) is 13.0. The first-order valence-corrected chi connectivity index (χ1v) is 11.4. The molecule has 1 aromatic carbocycles. The van der Waals surface area contributed by atoms with Crippen LogP contribution in [0, 0.1) is 5.82 Å². The number of hydrogen-bond acceptors (Lipinski definition) is 6. The smallest absolute Gasteiger partial charge is 0.381 e. The Morgan fingerprint density at radius 1 is 1.03 bits per heavy atom. The van der Waals surface area contributed by atoms with Gasteiger partial charge in [0.25, 0.3) is 11.1 Å². The topological polar surface area (TPSA) is 106 Å². The maximum absolute atomic E-state index is 14.8. The van der Waals surface area contributed by atoms with Crippen LogP contribution in [0.4, 0.5) is 36.4 Å². The molecular weight excluding hydrogens is 537 g/mol. The van der Waals surface area contributed by atoms with Gasteiger partial charge in [0.05, 0.1) is 28.4 Å². The van der Waals surface area contributed by atoms with Crippen molar-refractivity contribution in [3.63, 3.8) is 0 Å². The predicted molar refractivity (Wildman–Crippen MR) is 126 cm³/mol. The summed E-state index contributed by atoms with van der Waals surface area (Å²) in [6.07, 6.45) is -5.49. The van der Waals surface area contributed by atoms with Crippen molar-refractivity contribution >= 4 is 16.5 Å². The minimum atomic E-state index is -4.88. The van der Waals surface area contributed by atoms with Crippen molar-refractivity contribution in [2.45, 2.75) is 44.7 Å². The monoisotopic (exact) mass is 556 g/mol. The number of aryl methyl sites for hydroxylation is 1. The number of benzene rings is 1. The zero-order chi connectivity index (χ0) is 28.5. The number of alkyl halides is 6. The minimum absolute atomic E-state index is 0.0150. The number of H-pyrrole nitrogens is 1. The van der Waals surface area contributed by atoms with Crippen molar-refractivity contribution in [2.24, 2.45) is 0 Å². The van der Waals surface area contributed by atoms with Crippen LogP contribution in [0.3, 0.4) is 0 Å². The third-order valence-corrected chi connectivity index (χ3v) is 5.86. The van der Waals surface area contributed by atoms with Gasteiger partial charge in [-0.1, -0.05) is 0 Å². The van der Waals surface area contributed by atoms with E-state index in [2.05, 4.69) is 20.4 Å². The van der Waals surface area contributed by atoms with Crippen LogP contribution >= 0.6 is 0 Å². The lowest BCUT2D eigenvalue weighted by atomic mass is 10.1. The molecule has 3 aromatic heterocycles. The Hall–Kier alpha value is -4.30. The molecule has 0 aliphatic heterocycles. The minimum Gasteiger partial charge on any atom is -0.381 e. The predicted octanol–water partition coefficient (Wildman–Crippen LogP) is 5.00. The van der Waals surface area contributed by atoms with Crippen molar-refractivity contribution < 1.29 is 30.7 Å². The quantitative estimate of drug-likeness (QED) is 0.311. The second-order valence-electron chi connectivity index (χ2n) is 8.70. The summed E-state index contributed by atoms with van der Waals surface area (Å²) in [5, 5.41) is 8.09. The Morgan fingerprint density at radius 3 is 2.36 bits per heavy atom. The highest BCUT2D eigenvalue weighted by molar-refractivity contribution is 5.86. The molecule has 0 saturated heterocycles. The zero-order valence-electron chi connectivity index (χ0n) is 20.0. The van der Waals surface area contributed by atoms with Crippen molar-refractivity contribution in [2.75, 3.05) is 5.32 Å². The van der Waals surface area contributed by atoms with E-state index in [1.54, 1.807) is 12.0 Å². The maximum atomic E-state index is 14.8. The van der Waals surface area contributed by atoms with Gasteiger partial charge in [-0.3, -0.25) is 9.59 Å². The molecule has 206 valence electrons. The average Bonchev–Trinajstić information content (AvgIpc) is 2.84. The summed E-state index contributed by atoms with van der Waals surface area (Å²) < 4.78 is 94.0. The summed E-state index contributed by atoms with van der Waals surface area (Å²) in [5.74, 6) is -1.18. The van der Waals surface area contributed by atoms with Gasteiger partial charge >= 0.3 is 12.4 Å². The van der Waals surface area contributed by atoms with E-state index in [4.69, 9.17) is 0 Å². The van der Waals surface area contributed by atoms with E-state index >= 15 is 0 Å². The molecule has 0 saturated carbocycles. The first-order chi connectivity index (χ1) is 18.3. The van der Waals surface area contributed by atoms with Crippen LogP contribution < -0.4 is 16.4 Å². The number of halogens is 7. The number of nitrogens with one attached hydrogen (secondary N) is 2. The third kappa shape index (κ3) is 6.07. The molecule has 4 rings (SSSR count). The summed E-state index contributed by atoms with van der Waals surface area (Å²) in [5.41, 5.74) is -5.04. The van der Waals surface area contributed by atoms with E-state index in [1.165, 1.54) is 22.9 Å². The van der Waals surface area contributed by atoms with Crippen LogP contribution in [0.25, 0.3) is 22.2 Å². The van der Waals surface area contributed by atoms with E-state index in [1.807, 2.05) is 0 Å². The van der Waals surface area contributed by atoms with Crippen molar-refractivity contribution in [3.05, 3.63) is 80.6 Å². The second-order valence-corrected chi connectivity index (χ2v) is 8.70. The molecule has 8 nitrogen and oxygen atoms in total. The van der Waals surface area contributed by atoms with Gasteiger partial charge in [0, 0.05) is 31.2 Å². The highest BCUT2D eigenvalue weighted by Gasteiger charge is 2.37. The fourth-order valence-corrected chi connectivity index (χ4v) is 3.96. The molecule has 3 heterocycles. The Bertz CT molecular complexity index is 1610. The Balaban J connectivity index is 1.47. The van der Waals surface area contributed by atoms with Crippen LogP contribution in [0.15, 0.2) is 52.6 Å². The summed E-state index contributed by atoms with van der Waals surface area (Å²) >= 11 is 0. The van der Waals surface area contributed by atoms with E-state index < -0.39 is 52.1 Å². The highest BCUT2D eigenvalue weighted by Crippen LogP contribution is 2.32. The lowest BCUT2D eigenvalue weighted by Crippen LogP contribution is -2.27. The lowest BCUT2D eigenvalue weighted by molar-refractivity contribution is -0.139. The molecule has 39 heavy (non-hydrogen) atoms. The number of anilines is 1. The van der Waals surface area contributed by atoms with Gasteiger partial charge in [0.2, 0.25) is 0 Å². The molecule has 0 aliphatic rings. The van der Waals surface area contributed by atoms with Gasteiger partial charge in [0.15, 0.2) is 5.82 Å². The first-order valence-electron chi connectivity index (χ1n) is 11.4. The molecule has 0 spiro atoms. The van der Waals surface area contributed by atoms with Crippen molar-refractivity contribution in [1.29, 1.82) is 0 Å². The Morgan fingerprint density at radius 2 is 1.72 bits per heavy atom. The van der Waals surface area contributed by atoms with Gasteiger partial charge in [-0.05, 0) is 43.4 Å². The number of rotatable bonds is 7. The fourth-order valence-electron chi connectivity index (χ4n) is 3.96. The zero-order valence-corrected chi connectivity index (χ0v) is 20.0. The standard InChI is InChI=1S/C24H19F7N6O2/c1-12(35-18-11-34-36-21(38)19(18)24(29,30)31)3-2-5-37-6-4-13-7-16(17(25)8-15(13)22(37)39)20-32-9-14(10-33-20)23(26,27)28/h4,6-12H,2-3,5H2,1H3,(H2,35,36,38). The molecule has 0 radical (unpaired) electrons. The average molecular weight is 556 g/mol. The van der Waals surface area contributed by atoms with Crippen LogP contribution in [0.5, 0.6) is 0 Å². The Labute approximate surface area is 214 Å². The first kappa shape index (κ1) is 27.7. The SMILES string of the molecule is CC(CCCn1ccc2cc(-c3ncc(C(F)(F)F)cn3)c(F)cc2c1=O)Nc1cn[nH]c(=O)c1C(F)(F)F. The van der Waals surface area contributed by atoms with Crippen LogP contribution in [-0.2, 0) is 18.9 Å². The second kappa shape index (κ2) is 10.5. The largest absolute Gasteiger partial charge is 0.423 e. The van der Waals surface area contributed by atoms with Gasteiger partial charge < -0.3 is 9.88 Å². The molecule has 0 aliphatic carbocycles. The van der Waals surface area contributed by atoms with Gasteiger partial charge in [0.1, 0.15) is 11.4 Å². The summed E-state index contributed by atoms with van der Waals surface area (Å²) in [7, 11) is 0. The molecule has 1 atom stereocenters. The molecule has 4 aromatic rings. The van der Waals surface area contributed by atoms with Gasteiger partial charge in [-0.15, -0.1) is 0 Å². The number of pyridine rings is 1. The summed E-state index contributed by atoms with van der Waals surface area (Å²) in [6.45, 7) is 1.76. The molecule has 0 bridgehead atoms. The molecule has 1 unspecified atom stereocenters. The van der Waals surface area contributed by atoms with E-state index in [9.17, 15) is 40.3 Å². The fraction of sp³-hybridized carbons (Fsp3) is 0.292. The van der Waals surface area contributed by atoms with E-state index in [0.717, 1.165) is 12.3 Å². The molecule has 0 fully saturated rings. The molecule has 15 heteroatoms.